The maximum absolute atomic E-state index is 13.5. The van der Waals surface area contributed by atoms with Gasteiger partial charge in [-0.2, -0.15) is 0 Å². The number of nitrogens with zero attached hydrogens (tertiary/aromatic N) is 3. The van der Waals surface area contributed by atoms with Gasteiger partial charge in [0.25, 0.3) is 5.56 Å². The third kappa shape index (κ3) is 3.23. The third-order valence-electron chi connectivity index (χ3n) is 6.44. The highest BCUT2D eigenvalue weighted by Crippen LogP contribution is 2.36. The Morgan fingerprint density at radius 3 is 2.97 bits per heavy atom. The minimum absolute atomic E-state index is 0.0578. The van der Waals surface area contributed by atoms with Gasteiger partial charge < -0.3 is 10.0 Å². The molecule has 5 rings (SSSR count). The van der Waals surface area contributed by atoms with Gasteiger partial charge in [0.2, 0.25) is 0 Å². The Labute approximate surface area is 176 Å². The molecule has 2 heterocycles. The molecule has 1 N–H and O–H groups in total. The summed E-state index contributed by atoms with van der Waals surface area (Å²) in [4.78, 5) is 20.4. The lowest BCUT2D eigenvalue weighted by Crippen LogP contribution is -2.35. The third-order valence-corrected chi connectivity index (χ3v) is 6.44. The van der Waals surface area contributed by atoms with Crippen molar-refractivity contribution in [2.45, 2.75) is 44.2 Å². The molecule has 1 aliphatic heterocycles. The fraction of sp³-hybridized carbons (Fsp3) is 0.360. The predicted octanol–water partition coefficient (Wildman–Crippen LogP) is 3.73. The molecule has 1 aliphatic carbocycles. The monoisotopic (exact) mass is 400 g/mol. The Hall–Kier alpha value is -2.92. The van der Waals surface area contributed by atoms with Gasteiger partial charge in [-0.25, -0.2) is 4.98 Å². The fourth-order valence-corrected chi connectivity index (χ4v) is 4.88. The Kier molecular flexibility index (Phi) is 4.91. The number of fused-ring (bicyclic) bond motifs is 3. The smallest absolute Gasteiger partial charge is 0.261 e. The van der Waals surface area contributed by atoms with Gasteiger partial charge in [0, 0.05) is 19.2 Å². The van der Waals surface area contributed by atoms with Crippen molar-refractivity contribution in [1.82, 2.24) is 9.55 Å². The van der Waals surface area contributed by atoms with Crippen molar-refractivity contribution in [3.63, 3.8) is 0 Å². The highest BCUT2D eigenvalue weighted by atomic mass is 16.3. The van der Waals surface area contributed by atoms with E-state index in [0.29, 0.717) is 5.39 Å². The molecule has 30 heavy (non-hydrogen) atoms. The van der Waals surface area contributed by atoms with Gasteiger partial charge in [-0.3, -0.25) is 9.36 Å². The fourth-order valence-electron chi connectivity index (χ4n) is 4.88. The molecule has 2 aliphatic rings. The maximum Gasteiger partial charge on any atom is 0.261 e. The van der Waals surface area contributed by atoms with Crippen molar-refractivity contribution in [3.8, 4) is 0 Å². The van der Waals surface area contributed by atoms with Crippen LogP contribution in [0.3, 0.4) is 0 Å². The van der Waals surface area contributed by atoms with Crippen LogP contribution in [0.25, 0.3) is 17.0 Å². The van der Waals surface area contributed by atoms with Crippen molar-refractivity contribution in [3.05, 3.63) is 75.8 Å². The van der Waals surface area contributed by atoms with Gasteiger partial charge in [0.05, 0.1) is 29.5 Å². The molecule has 0 bridgehead atoms. The Bertz CT molecular complexity index is 1170. The zero-order valence-electron chi connectivity index (χ0n) is 17.2. The first-order valence-electron chi connectivity index (χ1n) is 10.7. The lowest BCUT2D eigenvalue weighted by Gasteiger charge is -2.30. The van der Waals surface area contributed by atoms with E-state index in [9.17, 15) is 9.90 Å². The number of aliphatic hydroxyl groups excluding tert-OH is 1. The summed E-state index contributed by atoms with van der Waals surface area (Å²) < 4.78 is 1.66. The number of likely N-dealkylation sites (N-methyl/N-ethyl adjacent to an activating group) is 1. The lowest BCUT2D eigenvalue weighted by molar-refractivity contribution is 0.0735. The van der Waals surface area contributed by atoms with Crippen LogP contribution in [0.1, 0.15) is 48.4 Å². The number of aromatic nitrogens is 2. The summed E-state index contributed by atoms with van der Waals surface area (Å²) in [5.74, 6) is 0. The minimum atomic E-state index is -0.488. The average molecular weight is 401 g/mol. The first kappa shape index (κ1) is 19.1. The minimum Gasteiger partial charge on any atom is -0.391 e. The van der Waals surface area contributed by atoms with Crippen molar-refractivity contribution in [2.75, 3.05) is 18.5 Å². The number of anilines is 1. The van der Waals surface area contributed by atoms with Crippen LogP contribution in [-0.4, -0.2) is 34.4 Å². The van der Waals surface area contributed by atoms with Crippen LogP contribution in [0.5, 0.6) is 0 Å². The number of aliphatic hydroxyl groups is 1. The largest absolute Gasteiger partial charge is 0.391 e. The van der Waals surface area contributed by atoms with Crippen LogP contribution in [0.15, 0.2) is 47.5 Å². The summed E-state index contributed by atoms with van der Waals surface area (Å²) in [6.45, 7) is 0.788. The molecule has 5 nitrogen and oxygen atoms in total. The summed E-state index contributed by atoms with van der Waals surface area (Å²) in [6, 6.07) is 12.9. The van der Waals surface area contributed by atoms with E-state index < -0.39 is 6.10 Å². The van der Waals surface area contributed by atoms with Crippen molar-refractivity contribution in [1.29, 1.82) is 0 Å². The van der Waals surface area contributed by atoms with E-state index in [1.807, 2.05) is 31.3 Å². The molecule has 0 unspecified atom stereocenters. The second kappa shape index (κ2) is 7.73. The SMILES string of the molecule is CN1CC=Cc2c(Cc3c[c]ccc3)cc3c(=O)n([C@H]4CCCC[C@@H]4O)cnc3c21. The molecule has 0 spiro atoms. The van der Waals surface area contributed by atoms with E-state index in [-0.39, 0.29) is 11.6 Å². The van der Waals surface area contributed by atoms with Crippen molar-refractivity contribution in [2.24, 2.45) is 0 Å². The summed E-state index contributed by atoms with van der Waals surface area (Å²) in [6.07, 6.45) is 9.77. The number of benzene rings is 2. The predicted molar refractivity (Wildman–Crippen MR) is 120 cm³/mol. The Balaban J connectivity index is 1.71. The molecule has 2 atom stereocenters. The summed E-state index contributed by atoms with van der Waals surface area (Å²) in [7, 11) is 2.04. The molecule has 2 aromatic carbocycles. The highest BCUT2D eigenvalue weighted by molar-refractivity contribution is 5.97. The number of rotatable bonds is 3. The quantitative estimate of drug-likeness (QED) is 0.728. The van der Waals surface area contributed by atoms with Crippen LogP contribution in [0, 0.1) is 6.07 Å². The van der Waals surface area contributed by atoms with Crippen molar-refractivity contribution < 1.29 is 5.11 Å². The van der Waals surface area contributed by atoms with E-state index in [1.165, 1.54) is 0 Å². The molecule has 1 fully saturated rings. The zero-order valence-corrected chi connectivity index (χ0v) is 17.2. The maximum atomic E-state index is 13.5. The van der Waals surface area contributed by atoms with Gasteiger partial charge >= 0.3 is 0 Å². The van der Waals surface area contributed by atoms with Crippen LogP contribution in [0.2, 0.25) is 0 Å². The van der Waals surface area contributed by atoms with Crippen LogP contribution < -0.4 is 10.5 Å². The molecule has 0 saturated heterocycles. The summed E-state index contributed by atoms with van der Waals surface area (Å²) in [5, 5.41) is 11.1. The zero-order chi connectivity index (χ0) is 20.7. The Morgan fingerprint density at radius 1 is 1.30 bits per heavy atom. The van der Waals surface area contributed by atoms with Gasteiger partial charge in [-0.15, -0.1) is 0 Å². The first-order valence-corrected chi connectivity index (χ1v) is 10.7. The van der Waals surface area contributed by atoms with E-state index in [1.54, 1.807) is 10.9 Å². The summed E-state index contributed by atoms with van der Waals surface area (Å²) in [5.41, 5.74) is 5.10. The van der Waals surface area contributed by atoms with Gasteiger partial charge in [-0.1, -0.05) is 49.3 Å². The van der Waals surface area contributed by atoms with E-state index in [0.717, 1.165) is 66.5 Å². The van der Waals surface area contributed by atoms with Crippen LogP contribution in [-0.2, 0) is 6.42 Å². The van der Waals surface area contributed by atoms with Gasteiger partial charge in [0.1, 0.15) is 5.52 Å². The lowest BCUT2D eigenvalue weighted by atomic mass is 9.91. The molecule has 0 amide bonds. The van der Waals surface area contributed by atoms with Gasteiger partial charge in [-0.05, 0) is 42.5 Å². The first-order chi connectivity index (χ1) is 14.6. The van der Waals surface area contributed by atoms with E-state index >= 15 is 0 Å². The highest BCUT2D eigenvalue weighted by Gasteiger charge is 2.27. The van der Waals surface area contributed by atoms with Crippen LogP contribution >= 0.6 is 0 Å². The topological polar surface area (TPSA) is 58.4 Å². The average Bonchev–Trinajstić information content (AvgIpc) is 2.76. The molecule has 3 aromatic rings. The normalized spacial score (nSPS) is 21.1. The molecule has 153 valence electrons. The van der Waals surface area contributed by atoms with Gasteiger partial charge in [0.15, 0.2) is 0 Å². The summed E-state index contributed by atoms with van der Waals surface area (Å²) >= 11 is 0. The molecular formula is C25H26N3O2. The molecular weight excluding hydrogens is 374 g/mol. The molecule has 1 saturated carbocycles. The number of hydrogen-bond acceptors (Lipinski definition) is 4. The van der Waals surface area contributed by atoms with Crippen molar-refractivity contribution >= 4 is 22.7 Å². The molecule has 1 aromatic heterocycles. The standard InChI is InChI=1S/C25H26N3O2/c1-27-13-7-10-19-18(14-17-8-3-2-4-9-17)15-20-23(24(19)27)26-16-28(25(20)30)21-11-5-6-12-22(21)29/h2-3,7-10,15-16,21-22,29H,5-6,11-14H2,1H3/t21-,22-/m0/s1. The Morgan fingerprint density at radius 2 is 2.17 bits per heavy atom. The van der Waals surface area contributed by atoms with Crippen LogP contribution in [0.4, 0.5) is 5.69 Å². The number of hydrogen-bond donors (Lipinski definition) is 1. The van der Waals surface area contributed by atoms with E-state index in [2.05, 4.69) is 29.2 Å². The molecule has 5 heteroatoms. The molecule has 1 radical (unpaired) electrons. The second-order valence-corrected chi connectivity index (χ2v) is 8.44. The van der Waals surface area contributed by atoms with E-state index in [4.69, 9.17) is 4.98 Å². The second-order valence-electron chi connectivity index (χ2n) is 8.44.